The number of amides is 1. The van der Waals surface area contributed by atoms with Gasteiger partial charge in [-0.3, -0.25) is 4.79 Å². The number of anilines is 1. The van der Waals surface area contributed by atoms with Gasteiger partial charge in [0.1, 0.15) is 5.75 Å². The third-order valence-corrected chi connectivity index (χ3v) is 3.75. The second kappa shape index (κ2) is 10.4. The fourth-order valence-electron chi connectivity index (χ4n) is 1.93. The first-order chi connectivity index (χ1) is 12.6. The van der Waals surface area contributed by atoms with Crippen molar-refractivity contribution in [2.45, 2.75) is 17.6 Å². The van der Waals surface area contributed by atoms with Crippen molar-refractivity contribution in [1.29, 1.82) is 0 Å². The summed E-state index contributed by atoms with van der Waals surface area (Å²) in [6, 6.07) is 13.4. The number of nitrogens with zero attached hydrogens (tertiary/aromatic N) is 1. The van der Waals surface area contributed by atoms with Gasteiger partial charge in [0.05, 0.1) is 12.8 Å². The van der Waals surface area contributed by atoms with Crippen molar-refractivity contribution in [3.8, 4) is 5.75 Å². The van der Waals surface area contributed by atoms with Gasteiger partial charge in [0.2, 0.25) is 0 Å². The predicted octanol–water partition coefficient (Wildman–Crippen LogP) is 4.39. The highest BCUT2D eigenvalue weighted by atomic mass is 32.2. The molecule has 0 saturated heterocycles. The molecule has 0 radical (unpaired) electrons. The summed E-state index contributed by atoms with van der Waals surface area (Å²) < 4.78 is 29.8. The highest BCUT2D eigenvalue weighted by Crippen LogP contribution is 2.26. The van der Waals surface area contributed by atoms with Crippen LogP contribution in [0.3, 0.4) is 0 Å². The van der Waals surface area contributed by atoms with E-state index in [0.717, 1.165) is 11.3 Å². The molecule has 5 nitrogen and oxygen atoms in total. The van der Waals surface area contributed by atoms with E-state index < -0.39 is 11.7 Å². The van der Waals surface area contributed by atoms with Crippen molar-refractivity contribution in [2.75, 3.05) is 18.5 Å². The first kappa shape index (κ1) is 19.7. The van der Waals surface area contributed by atoms with Gasteiger partial charge in [-0.2, -0.15) is 8.78 Å². The van der Waals surface area contributed by atoms with E-state index >= 15 is 0 Å². The Labute approximate surface area is 154 Å². The Morgan fingerprint density at radius 2 is 1.88 bits per heavy atom. The summed E-state index contributed by atoms with van der Waals surface area (Å²) in [6.07, 6.45) is 1.49. The molecule has 26 heavy (non-hydrogen) atoms. The molecule has 0 aliphatic carbocycles. The van der Waals surface area contributed by atoms with Gasteiger partial charge in [-0.25, -0.2) is 0 Å². The fourth-order valence-corrected chi connectivity index (χ4v) is 2.43. The largest absolute Gasteiger partial charge is 0.494 e. The van der Waals surface area contributed by atoms with Crippen LogP contribution in [0.5, 0.6) is 5.75 Å². The molecule has 2 rings (SSSR count). The van der Waals surface area contributed by atoms with E-state index in [0.29, 0.717) is 29.0 Å². The Bertz CT molecular complexity index is 722. The second-order valence-electron chi connectivity index (χ2n) is 4.96. The molecule has 0 saturated carbocycles. The lowest BCUT2D eigenvalue weighted by molar-refractivity contribution is -0.120. The molecule has 0 unspecified atom stereocenters. The van der Waals surface area contributed by atoms with Gasteiger partial charge < -0.3 is 14.9 Å². The van der Waals surface area contributed by atoms with Crippen LogP contribution >= 0.6 is 11.8 Å². The van der Waals surface area contributed by atoms with Gasteiger partial charge in [0.15, 0.2) is 6.61 Å². The van der Waals surface area contributed by atoms with Crippen LogP contribution in [-0.4, -0.2) is 31.1 Å². The lowest BCUT2D eigenvalue weighted by atomic mass is 10.2. The number of hydrogen-bond acceptors (Lipinski definition) is 5. The van der Waals surface area contributed by atoms with Gasteiger partial charge >= 0.3 is 0 Å². The van der Waals surface area contributed by atoms with Crippen molar-refractivity contribution < 1.29 is 23.1 Å². The molecule has 1 N–H and O–H groups in total. The summed E-state index contributed by atoms with van der Waals surface area (Å²) in [4.78, 5) is 17.1. The SMILES string of the molecule is CCOc1ccc(/C=N\OCC(=O)Nc2ccc(SC(F)F)cc2)cc1. The van der Waals surface area contributed by atoms with Crippen LogP contribution in [-0.2, 0) is 9.63 Å². The van der Waals surface area contributed by atoms with E-state index in [1.54, 1.807) is 12.1 Å². The lowest BCUT2D eigenvalue weighted by Crippen LogP contribution is -2.16. The van der Waals surface area contributed by atoms with E-state index in [9.17, 15) is 13.6 Å². The third-order valence-electron chi connectivity index (χ3n) is 3.03. The molecular weight excluding hydrogens is 362 g/mol. The van der Waals surface area contributed by atoms with Crippen molar-refractivity contribution >= 4 is 29.6 Å². The molecule has 0 aliphatic rings. The molecule has 0 aromatic heterocycles. The average molecular weight is 380 g/mol. The molecule has 8 heteroatoms. The summed E-state index contributed by atoms with van der Waals surface area (Å²) in [7, 11) is 0. The predicted molar refractivity (Wildman–Crippen MR) is 98.1 cm³/mol. The van der Waals surface area contributed by atoms with E-state index in [1.807, 2.05) is 31.2 Å². The van der Waals surface area contributed by atoms with Crippen LogP contribution in [0, 0.1) is 0 Å². The summed E-state index contributed by atoms with van der Waals surface area (Å²) in [6.45, 7) is 2.24. The molecule has 0 atom stereocenters. The molecule has 0 heterocycles. The van der Waals surface area contributed by atoms with Gasteiger partial charge in [0.25, 0.3) is 11.7 Å². The Morgan fingerprint density at radius 3 is 2.50 bits per heavy atom. The first-order valence-corrected chi connectivity index (χ1v) is 8.67. The fraction of sp³-hybridized carbons (Fsp3) is 0.222. The number of alkyl halides is 2. The number of halogens is 2. The smallest absolute Gasteiger partial charge is 0.288 e. The Kier molecular flexibility index (Phi) is 7.88. The minimum Gasteiger partial charge on any atom is -0.494 e. The van der Waals surface area contributed by atoms with E-state index in [1.165, 1.54) is 18.3 Å². The number of ether oxygens (including phenoxy) is 1. The lowest BCUT2D eigenvalue weighted by Gasteiger charge is -2.05. The monoisotopic (exact) mass is 380 g/mol. The molecule has 138 valence electrons. The zero-order chi connectivity index (χ0) is 18.8. The third kappa shape index (κ3) is 7.10. The van der Waals surface area contributed by atoms with Crippen molar-refractivity contribution in [1.82, 2.24) is 0 Å². The Hall–Kier alpha value is -2.61. The van der Waals surface area contributed by atoms with Crippen LogP contribution < -0.4 is 10.1 Å². The van der Waals surface area contributed by atoms with Crippen molar-refractivity contribution in [3.05, 3.63) is 54.1 Å². The minimum absolute atomic E-state index is 0.263. The van der Waals surface area contributed by atoms with Crippen LogP contribution in [0.2, 0.25) is 0 Å². The summed E-state index contributed by atoms with van der Waals surface area (Å²) in [5.74, 6) is -2.11. The molecular formula is C18H18F2N2O3S. The number of benzene rings is 2. The molecule has 0 bridgehead atoms. The van der Waals surface area contributed by atoms with Gasteiger partial charge in [-0.15, -0.1) is 0 Å². The molecule has 0 aliphatic heterocycles. The quantitative estimate of drug-likeness (QED) is 0.398. The Morgan fingerprint density at radius 1 is 1.19 bits per heavy atom. The number of thioether (sulfide) groups is 1. The van der Waals surface area contributed by atoms with E-state index in [4.69, 9.17) is 9.57 Å². The zero-order valence-corrected chi connectivity index (χ0v) is 14.8. The number of rotatable bonds is 9. The number of carbonyl (C=O) groups is 1. The number of nitrogens with one attached hydrogen (secondary N) is 1. The first-order valence-electron chi connectivity index (χ1n) is 7.79. The number of carbonyl (C=O) groups excluding carboxylic acids is 1. The zero-order valence-electron chi connectivity index (χ0n) is 14.0. The molecule has 2 aromatic carbocycles. The normalized spacial score (nSPS) is 10.9. The molecule has 2 aromatic rings. The van der Waals surface area contributed by atoms with Crippen LogP contribution in [0.25, 0.3) is 0 Å². The Balaban J connectivity index is 1.74. The van der Waals surface area contributed by atoms with E-state index in [-0.39, 0.29) is 6.61 Å². The highest BCUT2D eigenvalue weighted by molar-refractivity contribution is 7.99. The maximum absolute atomic E-state index is 12.2. The van der Waals surface area contributed by atoms with Gasteiger partial charge in [0, 0.05) is 10.6 Å². The number of oxime groups is 1. The number of hydrogen-bond donors (Lipinski definition) is 1. The van der Waals surface area contributed by atoms with Crippen molar-refractivity contribution in [3.63, 3.8) is 0 Å². The summed E-state index contributed by atoms with van der Waals surface area (Å²) in [5, 5.41) is 6.32. The van der Waals surface area contributed by atoms with Gasteiger partial charge in [-0.05, 0) is 61.0 Å². The average Bonchev–Trinajstić information content (AvgIpc) is 2.62. The highest BCUT2D eigenvalue weighted by Gasteiger charge is 2.06. The van der Waals surface area contributed by atoms with Crippen LogP contribution in [0.4, 0.5) is 14.5 Å². The summed E-state index contributed by atoms with van der Waals surface area (Å²) >= 11 is 0.447. The minimum atomic E-state index is -2.47. The second-order valence-corrected chi connectivity index (χ2v) is 6.02. The van der Waals surface area contributed by atoms with Crippen LogP contribution in [0.1, 0.15) is 12.5 Å². The van der Waals surface area contributed by atoms with Gasteiger partial charge in [-0.1, -0.05) is 16.9 Å². The van der Waals surface area contributed by atoms with Crippen LogP contribution in [0.15, 0.2) is 58.6 Å². The maximum atomic E-state index is 12.2. The van der Waals surface area contributed by atoms with Crippen molar-refractivity contribution in [2.24, 2.45) is 5.16 Å². The topological polar surface area (TPSA) is 59.9 Å². The standard InChI is InChI=1S/C18H18F2N2O3S/c1-2-24-15-7-3-13(4-8-15)11-21-25-12-17(23)22-14-5-9-16(10-6-14)26-18(19)20/h3-11,18H,2,12H2,1H3,(H,22,23)/b21-11-. The van der Waals surface area contributed by atoms with E-state index in [2.05, 4.69) is 10.5 Å². The molecule has 1 amide bonds. The maximum Gasteiger partial charge on any atom is 0.288 e. The molecule has 0 fully saturated rings. The summed E-state index contributed by atoms with van der Waals surface area (Å²) in [5.41, 5.74) is 1.30. The molecule has 0 spiro atoms.